The van der Waals surface area contributed by atoms with Gasteiger partial charge in [-0.1, -0.05) is 0 Å². The second-order valence-electron chi connectivity index (χ2n) is 5.05. The van der Waals surface area contributed by atoms with Gasteiger partial charge in [-0.15, -0.1) is 11.3 Å². The van der Waals surface area contributed by atoms with Crippen LogP contribution in [0.4, 0.5) is 0 Å². The van der Waals surface area contributed by atoms with Gasteiger partial charge in [0.25, 0.3) is 0 Å². The summed E-state index contributed by atoms with van der Waals surface area (Å²) in [5.74, 6) is -0.135. The SMILES string of the molecule is CC(C)(C)OC(=O)CCc1csc(CCN)c1. The van der Waals surface area contributed by atoms with E-state index in [9.17, 15) is 4.79 Å². The molecule has 0 amide bonds. The van der Waals surface area contributed by atoms with Crippen molar-refractivity contribution in [3.63, 3.8) is 0 Å². The van der Waals surface area contributed by atoms with Gasteiger partial charge in [0, 0.05) is 11.3 Å². The third kappa shape index (κ3) is 5.84. The van der Waals surface area contributed by atoms with Gasteiger partial charge in [0.15, 0.2) is 0 Å². The molecular formula is C13H21NO2S. The Bertz CT molecular complexity index is 366. The van der Waals surface area contributed by atoms with Crippen LogP contribution in [0.1, 0.15) is 37.6 Å². The first-order valence-electron chi connectivity index (χ1n) is 5.89. The van der Waals surface area contributed by atoms with Gasteiger partial charge in [0.05, 0.1) is 0 Å². The van der Waals surface area contributed by atoms with Crippen LogP contribution >= 0.6 is 11.3 Å². The summed E-state index contributed by atoms with van der Waals surface area (Å²) in [4.78, 5) is 12.8. The van der Waals surface area contributed by atoms with Crippen molar-refractivity contribution in [2.75, 3.05) is 6.54 Å². The Morgan fingerprint density at radius 1 is 1.41 bits per heavy atom. The van der Waals surface area contributed by atoms with Crippen molar-refractivity contribution in [3.05, 3.63) is 21.9 Å². The molecule has 0 radical (unpaired) electrons. The summed E-state index contributed by atoms with van der Waals surface area (Å²) >= 11 is 1.71. The molecule has 1 aromatic rings. The number of nitrogens with two attached hydrogens (primary N) is 1. The lowest BCUT2D eigenvalue weighted by Gasteiger charge is -2.19. The first-order valence-corrected chi connectivity index (χ1v) is 6.77. The van der Waals surface area contributed by atoms with Gasteiger partial charge < -0.3 is 10.5 Å². The van der Waals surface area contributed by atoms with Crippen LogP contribution in [0, 0.1) is 0 Å². The van der Waals surface area contributed by atoms with Gasteiger partial charge in [-0.25, -0.2) is 0 Å². The Balaban J connectivity index is 2.37. The Morgan fingerprint density at radius 2 is 2.12 bits per heavy atom. The van der Waals surface area contributed by atoms with Crippen molar-refractivity contribution >= 4 is 17.3 Å². The molecule has 1 heterocycles. The van der Waals surface area contributed by atoms with E-state index >= 15 is 0 Å². The number of thiophene rings is 1. The molecule has 4 heteroatoms. The summed E-state index contributed by atoms with van der Waals surface area (Å²) in [5.41, 5.74) is 6.30. The summed E-state index contributed by atoms with van der Waals surface area (Å²) in [6, 6.07) is 2.13. The molecule has 1 rings (SSSR count). The molecule has 0 unspecified atom stereocenters. The van der Waals surface area contributed by atoms with E-state index < -0.39 is 5.60 Å². The fourth-order valence-corrected chi connectivity index (χ4v) is 2.41. The zero-order valence-corrected chi connectivity index (χ0v) is 11.6. The molecule has 0 fully saturated rings. The Morgan fingerprint density at radius 3 is 2.71 bits per heavy atom. The minimum atomic E-state index is -0.392. The third-order valence-corrected chi connectivity index (χ3v) is 3.18. The smallest absolute Gasteiger partial charge is 0.306 e. The number of ether oxygens (including phenoxy) is 1. The van der Waals surface area contributed by atoms with Crippen LogP contribution in [0.2, 0.25) is 0 Å². The maximum absolute atomic E-state index is 11.5. The van der Waals surface area contributed by atoms with Crippen LogP contribution in [0.25, 0.3) is 0 Å². The van der Waals surface area contributed by atoms with E-state index in [0.29, 0.717) is 13.0 Å². The van der Waals surface area contributed by atoms with Crippen LogP contribution in [-0.4, -0.2) is 18.1 Å². The third-order valence-electron chi connectivity index (χ3n) is 2.14. The van der Waals surface area contributed by atoms with Crippen molar-refractivity contribution in [1.29, 1.82) is 0 Å². The molecule has 1 aromatic heterocycles. The van der Waals surface area contributed by atoms with Crippen molar-refractivity contribution in [3.8, 4) is 0 Å². The van der Waals surface area contributed by atoms with Crippen molar-refractivity contribution in [1.82, 2.24) is 0 Å². The molecule has 0 aromatic carbocycles. The minimum Gasteiger partial charge on any atom is -0.460 e. The van der Waals surface area contributed by atoms with Crippen LogP contribution < -0.4 is 5.73 Å². The topological polar surface area (TPSA) is 52.3 Å². The molecule has 0 atom stereocenters. The summed E-state index contributed by atoms with van der Waals surface area (Å²) < 4.78 is 5.26. The average molecular weight is 255 g/mol. The lowest BCUT2D eigenvalue weighted by atomic mass is 10.1. The molecule has 96 valence electrons. The fourth-order valence-electron chi connectivity index (χ4n) is 1.47. The van der Waals surface area contributed by atoms with Gasteiger partial charge in [-0.3, -0.25) is 4.79 Å². The molecule has 0 saturated heterocycles. The summed E-state index contributed by atoms with van der Waals surface area (Å²) in [6.45, 7) is 6.32. The van der Waals surface area contributed by atoms with Crippen molar-refractivity contribution in [2.45, 2.75) is 45.6 Å². The van der Waals surface area contributed by atoms with E-state index in [1.807, 2.05) is 20.8 Å². The monoisotopic (exact) mass is 255 g/mol. The van der Waals surface area contributed by atoms with Gasteiger partial charge in [-0.05, 0) is 57.2 Å². The van der Waals surface area contributed by atoms with Gasteiger partial charge in [-0.2, -0.15) is 0 Å². The van der Waals surface area contributed by atoms with Crippen molar-refractivity contribution in [2.24, 2.45) is 5.73 Å². The van der Waals surface area contributed by atoms with E-state index in [0.717, 1.165) is 12.8 Å². The van der Waals surface area contributed by atoms with E-state index in [1.165, 1.54) is 10.4 Å². The number of rotatable bonds is 5. The molecule has 0 aliphatic rings. The van der Waals surface area contributed by atoms with E-state index in [2.05, 4.69) is 11.4 Å². The summed E-state index contributed by atoms with van der Waals surface area (Å²) in [5, 5.41) is 2.09. The Hall–Kier alpha value is -0.870. The molecule has 0 bridgehead atoms. The highest BCUT2D eigenvalue weighted by Gasteiger charge is 2.16. The second-order valence-corrected chi connectivity index (χ2v) is 6.04. The highest BCUT2D eigenvalue weighted by molar-refractivity contribution is 7.10. The number of carbonyl (C=O) groups excluding carboxylic acids is 1. The van der Waals surface area contributed by atoms with Crippen LogP contribution in [0.3, 0.4) is 0 Å². The average Bonchev–Trinajstić information content (AvgIpc) is 2.61. The van der Waals surface area contributed by atoms with Crippen molar-refractivity contribution < 1.29 is 9.53 Å². The van der Waals surface area contributed by atoms with E-state index in [4.69, 9.17) is 10.5 Å². The summed E-state index contributed by atoms with van der Waals surface area (Å²) in [7, 11) is 0. The predicted molar refractivity (Wildman–Crippen MR) is 71.2 cm³/mol. The zero-order valence-electron chi connectivity index (χ0n) is 10.8. The number of esters is 1. The first-order chi connectivity index (χ1) is 7.90. The molecule has 0 aliphatic carbocycles. The number of hydrogen-bond donors (Lipinski definition) is 1. The number of aryl methyl sites for hydroxylation is 1. The maximum Gasteiger partial charge on any atom is 0.306 e. The molecule has 3 nitrogen and oxygen atoms in total. The summed E-state index contributed by atoms with van der Waals surface area (Å²) in [6.07, 6.45) is 2.10. The normalized spacial score (nSPS) is 11.5. The van der Waals surface area contributed by atoms with Gasteiger partial charge >= 0.3 is 5.97 Å². The van der Waals surface area contributed by atoms with Crippen LogP contribution in [0.5, 0.6) is 0 Å². The number of hydrogen-bond acceptors (Lipinski definition) is 4. The Labute approximate surface area is 107 Å². The Kier molecular flexibility index (Phi) is 5.15. The highest BCUT2D eigenvalue weighted by atomic mass is 32.1. The number of carbonyl (C=O) groups is 1. The quantitative estimate of drug-likeness (QED) is 0.823. The lowest BCUT2D eigenvalue weighted by Crippen LogP contribution is -2.23. The van der Waals surface area contributed by atoms with Crippen LogP contribution in [0.15, 0.2) is 11.4 Å². The minimum absolute atomic E-state index is 0.135. The predicted octanol–water partition coefficient (Wildman–Crippen LogP) is 2.52. The van der Waals surface area contributed by atoms with Gasteiger partial charge in [0.1, 0.15) is 5.60 Å². The molecule has 0 saturated carbocycles. The maximum atomic E-state index is 11.5. The second kappa shape index (κ2) is 6.17. The largest absolute Gasteiger partial charge is 0.460 e. The lowest BCUT2D eigenvalue weighted by molar-refractivity contribution is -0.154. The molecular weight excluding hydrogens is 234 g/mol. The highest BCUT2D eigenvalue weighted by Crippen LogP contribution is 2.17. The van der Waals surface area contributed by atoms with Crippen LogP contribution in [-0.2, 0) is 22.4 Å². The fraction of sp³-hybridized carbons (Fsp3) is 0.615. The van der Waals surface area contributed by atoms with E-state index in [-0.39, 0.29) is 5.97 Å². The van der Waals surface area contributed by atoms with E-state index in [1.54, 1.807) is 11.3 Å². The first kappa shape index (κ1) is 14.2. The molecule has 0 spiro atoms. The zero-order chi connectivity index (χ0) is 12.9. The molecule has 2 N–H and O–H groups in total. The van der Waals surface area contributed by atoms with Gasteiger partial charge in [0.2, 0.25) is 0 Å². The standard InChI is InChI=1S/C13H21NO2S/c1-13(2,3)16-12(15)5-4-10-8-11(6-7-14)17-9-10/h8-9H,4-7,14H2,1-3H3. The molecule has 0 aliphatic heterocycles. The molecule has 17 heavy (non-hydrogen) atoms.